The van der Waals surface area contributed by atoms with E-state index in [-0.39, 0.29) is 36.4 Å². The number of Topliss-reactive ketones (excluding diaryl/α,β-unsaturated/α-hetero) is 1. The van der Waals surface area contributed by atoms with Gasteiger partial charge in [-0.05, 0) is 56.2 Å². The van der Waals surface area contributed by atoms with Crippen LogP contribution in [0.25, 0.3) is 0 Å². The Bertz CT molecular complexity index is 1120. The summed E-state index contributed by atoms with van der Waals surface area (Å²) in [6.07, 6.45) is -4.19. The molecule has 1 saturated heterocycles. The van der Waals surface area contributed by atoms with Gasteiger partial charge in [-0.1, -0.05) is 12.1 Å². The van der Waals surface area contributed by atoms with Crippen molar-refractivity contribution in [3.63, 3.8) is 0 Å². The van der Waals surface area contributed by atoms with Crippen molar-refractivity contribution < 1.29 is 40.7 Å². The zero-order chi connectivity index (χ0) is 24.9. The van der Waals surface area contributed by atoms with E-state index in [0.29, 0.717) is 18.4 Å². The largest absolute Gasteiger partial charge is 0.494 e. The van der Waals surface area contributed by atoms with Crippen LogP contribution in [0.2, 0.25) is 0 Å². The summed E-state index contributed by atoms with van der Waals surface area (Å²) in [6.45, 7) is 1.78. The molecule has 0 aliphatic carbocycles. The predicted octanol–water partition coefficient (Wildman–Crippen LogP) is 3.93. The summed E-state index contributed by atoms with van der Waals surface area (Å²) in [7, 11) is -3.74. The molecule has 0 bridgehead atoms. The van der Waals surface area contributed by atoms with Gasteiger partial charge in [0.2, 0.25) is 10.0 Å². The van der Waals surface area contributed by atoms with E-state index in [4.69, 9.17) is 9.47 Å². The smallest absolute Gasteiger partial charge is 0.416 e. The lowest BCUT2D eigenvalue weighted by Crippen LogP contribution is -2.40. The van der Waals surface area contributed by atoms with Gasteiger partial charge in [0.1, 0.15) is 5.75 Å². The van der Waals surface area contributed by atoms with Gasteiger partial charge in [0, 0.05) is 18.7 Å². The zero-order valence-corrected chi connectivity index (χ0v) is 19.2. The molecule has 1 heterocycles. The number of carbonyl (C=O) groups excluding carboxylic acids is 2. The molecule has 34 heavy (non-hydrogen) atoms. The minimum atomic E-state index is -4.59. The van der Waals surface area contributed by atoms with E-state index >= 15 is 0 Å². The Kier molecular flexibility index (Phi) is 7.98. The summed E-state index contributed by atoms with van der Waals surface area (Å²) in [6, 6.07) is 9.94. The third-order valence-electron chi connectivity index (χ3n) is 5.42. The van der Waals surface area contributed by atoms with Crippen LogP contribution in [0.1, 0.15) is 35.7 Å². The van der Waals surface area contributed by atoms with Crippen molar-refractivity contribution in [3.05, 3.63) is 59.7 Å². The maximum Gasteiger partial charge on any atom is 0.416 e. The molecule has 7 nitrogen and oxygen atoms in total. The quantitative estimate of drug-likeness (QED) is 0.404. The molecule has 0 unspecified atom stereocenters. The molecule has 0 spiro atoms. The number of ether oxygens (including phenoxy) is 2. The van der Waals surface area contributed by atoms with Crippen molar-refractivity contribution in [1.82, 2.24) is 4.31 Å². The summed E-state index contributed by atoms with van der Waals surface area (Å²) in [5, 5.41) is 0. The van der Waals surface area contributed by atoms with E-state index in [9.17, 15) is 31.2 Å². The summed E-state index contributed by atoms with van der Waals surface area (Å²) in [5.74, 6) is -1.49. The van der Waals surface area contributed by atoms with Crippen LogP contribution in [-0.2, 0) is 25.7 Å². The number of alkyl halides is 3. The molecule has 0 aromatic heterocycles. The number of piperidine rings is 1. The average molecular weight is 500 g/mol. The first kappa shape index (κ1) is 25.7. The number of hydrogen-bond acceptors (Lipinski definition) is 6. The Hall–Kier alpha value is -2.92. The standard InChI is InChI=1S/C23H24F3NO6S/c1-2-32-19-6-8-20(9-7-19)34(30,31)27-12-10-16(11-13-27)22(29)33-15-21(28)17-4-3-5-18(14-17)23(24,25)26/h3-9,14,16H,2,10-13,15H2,1H3. The molecule has 2 aromatic carbocycles. The molecule has 1 aliphatic heterocycles. The van der Waals surface area contributed by atoms with Crippen LogP contribution in [0.4, 0.5) is 13.2 Å². The number of ketones is 1. The monoisotopic (exact) mass is 499 g/mol. The van der Waals surface area contributed by atoms with Crippen LogP contribution in [0, 0.1) is 5.92 Å². The average Bonchev–Trinajstić information content (AvgIpc) is 2.82. The number of benzene rings is 2. The normalized spacial score (nSPS) is 15.6. The zero-order valence-electron chi connectivity index (χ0n) is 18.4. The lowest BCUT2D eigenvalue weighted by molar-refractivity contribution is -0.148. The molecule has 11 heteroatoms. The van der Waals surface area contributed by atoms with Gasteiger partial charge in [0.15, 0.2) is 12.4 Å². The van der Waals surface area contributed by atoms with Crippen molar-refractivity contribution in [1.29, 1.82) is 0 Å². The first-order valence-electron chi connectivity index (χ1n) is 10.6. The topological polar surface area (TPSA) is 90.0 Å². The van der Waals surface area contributed by atoms with Crippen LogP contribution < -0.4 is 4.74 Å². The summed E-state index contributed by atoms with van der Waals surface area (Å²) in [4.78, 5) is 24.6. The SMILES string of the molecule is CCOc1ccc(S(=O)(=O)N2CCC(C(=O)OCC(=O)c3cccc(C(F)(F)F)c3)CC2)cc1. The highest BCUT2D eigenvalue weighted by Gasteiger charge is 2.34. The molecule has 1 aliphatic rings. The molecule has 184 valence electrons. The van der Waals surface area contributed by atoms with Gasteiger partial charge >= 0.3 is 12.1 Å². The van der Waals surface area contributed by atoms with Crippen LogP contribution in [0.15, 0.2) is 53.4 Å². The first-order chi connectivity index (χ1) is 16.0. The van der Waals surface area contributed by atoms with E-state index in [2.05, 4.69) is 0 Å². The van der Waals surface area contributed by atoms with Crippen LogP contribution >= 0.6 is 0 Å². The minimum absolute atomic E-state index is 0.0941. The second-order valence-electron chi connectivity index (χ2n) is 7.69. The molecule has 2 aromatic rings. The number of carbonyl (C=O) groups is 2. The maximum atomic E-state index is 12.8. The molecular formula is C23H24F3NO6S. The fourth-order valence-corrected chi connectivity index (χ4v) is 5.03. The number of hydrogen-bond donors (Lipinski definition) is 0. The van der Waals surface area contributed by atoms with Gasteiger partial charge < -0.3 is 9.47 Å². The lowest BCUT2D eigenvalue weighted by Gasteiger charge is -2.30. The van der Waals surface area contributed by atoms with Gasteiger partial charge in [-0.2, -0.15) is 17.5 Å². The number of nitrogens with zero attached hydrogens (tertiary/aromatic N) is 1. The van der Waals surface area contributed by atoms with Gasteiger partial charge in [-0.15, -0.1) is 0 Å². The molecule has 3 rings (SSSR count). The van der Waals surface area contributed by atoms with Crippen LogP contribution in [0.5, 0.6) is 5.75 Å². The van der Waals surface area contributed by atoms with Gasteiger partial charge in [0.05, 0.1) is 23.0 Å². The Morgan fingerprint density at radius 3 is 2.29 bits per heavy atom. The minimum Gasteiger partial charge on any atom is -0.494 e. The molecular weight excluding hydrogens is 475 g/mol. The van der Waals surface area contributed by atoms with Gasteiger partial charge in [-0.25, -0.2) is 8.42 Å². The van der Waals surface area contributed by atoms with E-state index in [1.807, 2.05) is 6.92 Å². The number of rotatable bonds is 8. The van der Waals surface area contributed by atoms with E-state index in [1.54, 1.807) is 12.1 Å². The Balaban J connectivity index is 1.53. The highest BCUT2D eigenvalue weighted by atomic mass is 32.2. The predicted molar refractivity (Wildman–Crippen MR) is 116 cm³/mol. The lowest BCUT2D eigenvalue weighted by atomic mass is 9.98. The first-order valence-corrected chi connectivity index (χ1v) is 12.1. The van der Waals surface area contributed by atoms with Gasteiger partial charge in [-0.3, -0.25) is 9.59 Å². The second kappa shape index (κ2) is 10.6. The summed E-state index contributed by atoms with van der Waals surface area (Å²) in [5.41, 5.74) is -1.18. The molecule has 0 atom stereocenters. The van der Waals surface area contributed by atoms with Gasteiger partial charge in [0.25, 0.3) is 0 Å². The fourth-order valence-electron chi connectivity index (χ4n) is 3.56. The van der Waals surface area contributed by atoms with E-state index < -0.39 is 46.0 Å². The fraction of sp³-hybridized carbons (Fsp3) is 0.391. The van der Waals surface area contributed by atoms with Crippen molar-refractivity contribution >= 4 is 21.8 Å². The van der Waals surface area contributed by atoms with Crippen molar-refractivity contribution in [3.8, 4) is 5.75 Å². The van der Waals surface area contributed by atoms with E-state index in [1.165, 1.54) is 22.5 Å². The highest BCUT2D eigenvalue weighted by molar-refractivity contribution is 7.89. The summed E-state index contributed by atoms with van der Waals surface area (Å²) < 4.78 is 75.7. The Labute approximate surface area is 195 Å². The second-order valence-corrected chi connectivity index (χ2v) is 9.63. The highest BCUT2D eigenvalue weighted by Crippen LogP contribution is 2.30. The van der Waals surface area contributed by atoms with Crippen molar-refractivity contribution in [2.24, 2.45) is 5.92 Å². The third-order valence-corrected chi connectivity index (χ3v) is 7.33. The maximum absolute atomic E-state index is 12.8. The van der Waals surface area contributed by atoms with Crippen molar-refractivity contribution in [2.75, 3.05) is 26.3 Å². The number of halogens is 3. The number of sulfonamides is 1. The van der Waals surface area contributed by atoms with Crippen LogP contribution in [-0.4, -0.2) is 50.8 Å². The molecule has 1 fully saturated rings. The molecule has 0 saturated carbocycles. The third kappa shape index (κ3) is 6.15. The number of esters is 1. The molecule has 0 radical (unpaired) electrons. The van der Waals surface area contributed by atoms with Crippen LogP contribution in [0.3, 0.4) is 0 Å². The van der Waals surface area contributed by atoms with Crippen molar-refractivity contribution in [2.45, 2.75) is 30.8 Å². The molecule has 0 amide bonds. The molecule has 0 N–H and O–H groups in total. The van der Waals surface area contributed by atoms with E-state index in [0.717, 1.165) is 12.1 Å². The Morgan fingerprint density at radius 1 is 1.06 bits per heavy atom. The Morgan fingerprint density at radius 2 is 1.71 bits per heavy atom. The summed E-state index contributed by atoms with van der Waals surface area (Å²) >= 11 is 0.